The normalized spacial score (nSPS) is 26.1. The van der Waals surface area contributed by atoms with Crippen LogP contribution in [0.15, 0.2) is 30.3 Å². The van der Waals surface area contributed by atoms with Gasteiger partial charge in [0.1, 0.15) is 5.82 Å². The number of carbonyl (C=O) groups is 1. The number of anilines is 2. The SMILES string of the molecule is CN(C)c1nc(N[C@H]2CC[C@@H](NC(=O)NC3C[C@H]3c3ccccc3)CC2)nc2c1CCCC2. The lowest BCUT2D eigenvalue weighted by molar-refractivity contribution is 0.231. The molecule has 5 rings (SSSR count). The number of aryl methyl sites for hydroxylation is 1. The molecule has 0 bridgehead atoms. The van der Waals surface area contributed by atoms with Crippen molar-refractivity contribution >= 4 is 17.8 Å². The summed E-state index contributed by atoms with van der Waals surface area (Å²) in [6.45, 7) is 0. The number of fused-ring (bicyclic) bond motifs is 1. The number of benzene rings is 1. The second-order valence-corrected chi connectivity index (χ2v) is 10.1. The Balaban J connectivity index is 1.09. The summed E-state index contributed by atoms with van der Waals surface area (Å²) in [4.78, 5) is 24.3. The molecule has 0 aliphatic heterocycles. The Hall–Kier alpha value is -2.83. The van der Waals surface area contributed by atoms with Crippen LogP contribution >= 0.6 is 0 Å². The molecule has 2 atom stereocenters. The molecule has 2 saturated carbocycles. The quantitative estimate of drug-likeness (QED) is 0.622. The second kappa shape index (κ2) is 9.57. The van der Waals surface area contributed by atoms with E-state index in [1.54, 1.807) is 0 Å². The number of nitrogens with one attached hydrogen (secondary N) is 3. The standard InChI is InChI=1S/C26H36N6O/c1-32(2)24-20-10-6-7-11-22(20)29-25(31-24)27-18-12-14-19(15-13-18)28-26(33)30-23-16-21(23)17-8-4-3-5-9-17/h3-5,8-9,18-19,21,23H,6-7,10-16H2,1-2H3,(H,27,29,31)(H2,28,30,33)/t18-,19+,21-,23?/m0/s1. The lowest BCUT2D eigenvalue weighted by atomic mass is 9.91. The zero-order valence-corrected chi connectivity index (χ0v) is 19.8. The number of nitrogens with zero attached hydrogens (tertiary/aromatic N) is 3. The van der Waals surface area contributed by atoms with E-state index in [1.165, 1.54) is 29.7 Å². The van der Waals surface area contributed by atoms with Gasteiger partial charge in [0.05, 0.1) is 5.69 Å². The molecule has 0 radical (unpaired) electrons. The van der Waals surface area contributed by atoms with Gasteiger partial charge in [0.25, 0.3) is 0 Å². The minimum atomic E-state index is -0.0246. The number of urea groups is 1. The van der Waals surface area contributed by atoms with Crippen LogP contribution in [-0.4, -0.2) is 48.2 Å². The summed E-state index contributed by atoms with van der Waals surface area (Å²) in [5, 5.41) is 9.94. The molecule has 3 aliphatic rings. The van der Waals surface area contributed by atoms with Crippen molar-refractivity contribution < 1.29 is 4.79 Å². The van der Waals surface area contributed by atoms with Gasteiger partial charge in [-0.15, -0.1) is 0 Å². The van der Waals surface area contributed by atoms with E-state index in [0.29, 0.717) is 12.0 Å². The third-order valence-electron chi connectivity index (χ3n) is 7.32. The fourth-order valence-electron chi connectivity index (χ4n) is 5.39. The zero-order chi connectivity index (χ0) is 22.8. The van der Waals surface area contributed by atoms with Crippen LogP contribution in [0, 0.1) is 0 Å². The first-order valence-corrected chi connectivity index (χ1v) is 12.5. The molecule has 176 valence electrons. The highest BCUT2D eigenvalue weighted by atomic mass is 16.2. The van der Waals surface area contributed by atoms with Crippen molar-refractivity contribution in [2.75, 3.05) is 24.3 Å². The van der Waals surface area contributed by atoms with Crippen LogP contribution < -0.4 is 20.9 Å². The first-order valence-electron chi connectivity index (χ1n) is 12.5. The Bertz CT molecular complexity index is 970. The monoisotopic (exact) mass is 448 g/mol. The van der Waals surface area contributed by atoms with Crippen LogP contribution in [0.4, 0.5) is 16.6 Å². The second-order valence-electron chi connectivity index (χ2n) is 10.1. The Kier molecular flexibility index (Phi) is 6.38. The Morgan fingerprint density at radius 1 is 0.939 bits per heavy atom. The average molecular weight is 449 g/mol. The molecule has 1 aromatic carbocycles. The number of hydrogen-bond acceptors (Lipinski definition) is 5. The van der Waals surface area contributed by atoms with Crippen LogP contribution in [0.1, 0.15) is 67.7 Å². The van der Waals surface area contributed by atoms with Gasteiger partial charge in [-0.05, 0) is 63.4 Å². The Labute approximate surface area is 196 Å². The summed E-state index contributed by atoms with van der Waals surface area (Å²) in [7, 11) is 4.12. The van der Waals surface area contributed by atoms with Gasteiger partial charge >= 0.3 is 6.03 Å². The van der Waals surface area contributed by atoms with Crippen LogP contribution in [0.3, 0.4) is 0 Å². The molecular formula is C26H36N6O. The molecule has 2 aromatic rings. The summed E-state index contributed by atoms with van der Waals surface area (Å²) in [5.74, 6) is 2.28. The minimum absolute atomic E-state index is 0.0246. The van der Waals surface area contributed by atoms with Crippen molar-refractivity contribution in [3.63, 3.8) is 0 Å². The van der Waals surface area contributed by atoms with E-state index in [1.807, 2.05) is 6.07 Å². The largest absolute Gasteiger partial charge is 0.362 e. The van der Waals surface area contributed by atoms with Gasteiger partial charge < -0.3 is 20.9 Å². The fraction of sp³-hybridized carbons (Fsp3) is 0.577. The molecule has 1 aromatic heterocycles. The van der Waals surface area contributed by atoms with Gasteiger partial charge in [-0.3, -0.25) is 0 Å². The third kappa shape index (κ3) is 5.23. The van der Waals surface area contributed by atoms with E-state index >= 15 is 0 Å². The number of aromatic nitrogens is 2. The highest BCUT2D eigenvalue weighted by Gasteiger charge is 2.39. The first kappa shape index (κ1) is 22.0. The van der Waals surface area contributed by atoms with Gasteiger partial charge in [-0.2, -0.15) is 4.98 Å². The van der Waals surface area contributed by atoms with E-state index < -0.39 is 0 Å². The number of rotatable bonds is 6. The number of amides is 2. The summed E-state index contributed by atoms with van der Waals surface area (Å²) in [6, 6.07) is 11.3. The van der Waals surface area contributed by atoms with E-state index in [9.17, 15) is 4.79 Å². The molecule has 7 nitrogen and oxygen atoms in total. The van der Waals surface area contributed by atoms with Gasteiger partial charge in [-0.25, -0.2) is 9.78 Å². The van der Waals surface area contributed by atoms with Gasteiger partial charge in [0.15, 0.2) is 0 Å². The highest BCUT2D eigenvalue weighted by Crippen LogP contribution is 2.40. The number of carbonyl (C=O) groups excluding carboxylic acids is 1. The Morgan fingerprint density at radius 2 is 1.67 bits per heavy atom. The molecule has 2 fully saturated rings. The molecule has 1 unspecified atom stereocenters. The molecule has 33 heavy (non-hydrogen) atoms. The van der Waals surface area contributed by atoms with Gasteiger partial charge in [0, 0.05) is 43.7 Å². The predicted molar refractivity (Wildman–Crippen MR) is 132 cm³/mol. The third-order valence-corrected chi connectivity index (χ3v) is 7.32. The van der Waals surface area contributed by atoms with Crippen LogP contribution in [0.2, 0.25) is 0 Å². The van der Waals surface area contributed by atoms with Crippen LogP contribution in [0.5, 0.6) is 0 Å². The van der Waals surface area contributed by atoms with E-state index in [-0.39, 0.29) is 18.1 Å². The molecule has 2 amide bonds. The van der Waals surface area contributed by atoms with Crippen molar-refractivity contribution in [3.8, 4) is 0 Å². The predicted octanol–water partition coefficient (Wildman–Crippen LogP) is 4.00. The lowest BCUT2D eigenvalue weighted by Gasteiger charge is -2.30. The number of hydrogen-bond donors (Lipinski definition) is 3. The Morgan fingerprint density at radius 3 is 2.42 bits per heavy atom. The maximum atomic E-state index is 12.5. The summed E-state index contributed by atoms with van der Waals surface area (Å²) < 4.78 is 0. The van der Waals surface area contributed by atoms with Crippen molar-refractivity contribution in [2.24, 2.45) is 0 Å². The molecule has 7 heteroatoms. The van der Waals surface area contributed by atoms with Crippen molar-refractivity contribution in [1.82, 2.24) is 20.6 Å². The molecular weight excluding hydrogens is 412 g/mol. The van der Waals surface area contributed by atoms with Crippen LogP contribution in [0.25, 0.3) is 0 Å². The molecule has 0 spiro atoms. The molecule has 3 N–H and O–H groups in total. The lowest BCUT2D eigenvalue weighted by Crippen LogP contribution is -2.45. The van der Waals surface area contributed by atoms with E-state index in [4.69, 9.17) is 9.97 Å². The van der Waals surface area contributed by atoms with Gasteiger partial charge in [0.2, 0.25) is 5.95 Å². The molecule has 3 aliphatic carbocycles. The van der Waals surface area contributed by atoms with Gasteiger partial charge in [-0.1, -0.05) is 30.3 Å². The molecule has 0 saturated heterocycles. The highest BCUT2D eigenvalue weighted by molar-refractivity contribution is 5.75. The fourth-order valence-corrected chi connectivity index (χ4v) is 5.39. The smallest absolute Gasteiger partial charge is 0.315 e. The average Bonchev–Trinajstić information content (AvgIpc) is 3.59. The summed E-state index contributed by atoms with van der Waals surface area (Å²) in [6.07, 6.45) is 9.57. The first-order chi connectivity index (χ1) is 16.1. The zero-order valence-electron chi connectivity index (χ0n) is 19.8. The van der Waals surface area contributed by atoms with Crippen molar-refractivity contribution in [2.45, 2.75) is 81.8 Å². The molecule has 1 heterocycles. The topological polar surface area (TPSA) is 82.2 Å². The van der Waals surface area contributed by atoms with Crippen molar-refractivity contribution in [3.05, 3.63) is 47.2 Å². The maximum absolute atomic E-state index is 12.5. The van der Waals surface area contributed by atoms with E-state index in [0.717, 1.165) is 56.7 Å². The summed E-state index contributed by atoms with van der Waals surface area (Å²) >= 11 is 0. The van der Waals surface area contributed by atoms with Crippen molar-refractivity contribution in [1.29, 1.82) is 0 Å². The summed E-state index contributed by atoms with van der Waals surface area (Å²) in [5.41, 5.74) is 3.85. The van der Waals surface area contributed by atoms with Crippen LogP contribution in [-0.2, 0) is 12.8 Å². The maximum Gasteiger partial charge on any atom is 0.315 e. The van der Waals surface area contributed by atoms with E-state index in [2.05, 4.69) is 59.2 Å². The minimum Gasteiger partial charge on any atom is -0.362 e.